The van der Waals surface area contributed by atoms with Crippen LogP contribution in [0, 0.1) is 11.8 Å². The van der Waals surface area contributed by atoms with Gasteiger partial charge in [0.25, 0.3) is 0 Å². The zero-order valence-electron chi connectivity index (χ0n) is 17.1. The number of amides is 1. The minimum Gasteiger partial charge on any atom is -0.480 e. The number of aliphatic hydroxyl groups excluding tert-OH is 4. The first-order chi connectivity index (χ1) is 14.4. The molecule has 0 aliphatic carbocycles. The third-order valence-electron chi connectivity index (χ3n) is 4.15. The monoisotopic (exact) mass is 440 g/mol. The summed E-state index contributed by atoms with van der Waals surface area (Å²) in [4.78, 5) is 22.6. The second-order valence-corrected chi connectivity index (χ2v) is 6.93. The van der Waals surface area contributed by atoms with E-state index in [0.29, 0.717) is 19.3 Å². The highest BCUT2D eigenvalue weighted by Crippen LogP contribution is 2.03. The number of ether oxygens (including phenoxy) is 3. The van der Waals surface area contributed by atoms with Crippen LogP contribution in [0.1, 0.15) is 19.3 Å². The van der Waals surface area contributed by atoms with Gasteiger partial charge in [-0.05, 0) is 19.3 Å². The third-order valence-corrected chi connectivity index (χ3v) is 4.15. The van der Waals surface area contributed by atoms with Crippen LogP contribution < -0.4 is 11.1 Å². The van der Waals surface area contributed by atoms with Crippen molar-refractivity contribution in [2.75, 3.05) is 59.4 Å². The zero-order valence-corrected chi connectivity index (χ0v) is 17.1. The lowest BCUT2D eigenvalue weighted by Gasteiger charge is -2.21. The third kappa shape index (κ3) is 14.4. The first-order valence-corrected chi connectivity index (χ1v) is 9.89. The number of carbonyl (C=O) groups is 2. The molecule has 0 aromatic rings. The number of carbonyl (C=O) groups excluding carboxylic acids is 1. The fourth-order valence-corrected chi connectivity index (χ4v) is 2.17. The van der Waals surface area contributed by atoms with E-state index in [0.717, 1.165) is 0 Å². The van der Waals surface area contributed by atoms with E-state index in [9.17, 15) is 9.59 Å². The number of hydrogen-bond acceptors (Lipinski definition) is 10. The standard InChI is InChI=1S/C18H36N2O10/c19-16(17(25)26)3-1-2-4-20-18(27)30-15(11-28-9-13(5-21)6-22)12-29-10-14(7-23)8-24/h13-16,21-24H,1-12,19H2,(H,20,27)(H,25,26)/t16-/m1/s1. The Labute approximate surface area is 175 Å². The summed E-state index contributed by atoms with van der Waals surface area (Å²) >= 11 is 0. The Morgan fingerprint density at radius 2 is 1.33 bits per heavy atom. The van der Waals surface area contributed by atoms with Gasteiger partial charge >= 0.3 is 12.1 Å². The van der Waals surface area contributed by atoms with Gasteiger partial charge in [-0.3, -0.25) is 4.79 Å². The number of aliphatic hydroxyl groups is 4. The molecule has 0 aromatic carbocycles. The van der Waals surface area contributed by atoms with Crippen LogP contribution in [0.5, 0.6) is 0 Å². The number of nitrogens with one attached hydrogen (secondary N) is 1. The topological polar surface area (TPSA) is 201 Å². The van der Waals surface area contributed by atoms with Gasteiger partial charge in [0.05, 0.1) is 52.9 Å². The number of unbranched alkanes of at least 4 members (excludes halogenated alkanes) is 1. The SMILES string of the molecule is N[C@H](CCCCNC(=O)OC(COCC(CO)CO)COCC(CO)CO)C(=O)O. The van der Waals surface area contributed by atoms with Gasteiger partial charge in [-0.2, -0.15) is 0 Å². The highest BCUT2D eigenvalue weighted by Gasteiger charge is 2.18. The molecule has 0 fully saturated rings. The lowest BCUT2D eigenvalue weighted by Crippen LogP contribution is -2.36. The molecular formula is C18H36N2O10. The number of carboxylic acid groups (broad SMARTS) is 1. The molecule has 0 heterocycles. The molecule has 1 atom stereocenters. The predicted molar refractivity (Wildman–Crippen MR) is 105 cm³/mol. The molecule has 8 N–H and O–H groups in total. The van der Waals surface area contributed by atoms with E-state index < -0.39 is 36.0 Å². The maximum atomic E-state index is 12.0. The molecule has 12 nitrogen and oxygen atoms in total. The Morgan fingerprint density at radius 1 is 0.833 bits per heavy atom. The number of hydrogen-bond donors (Lipinski definition) is 7. The van der Waals surface area contributed by atoms with Crippen molar-refractivity contribution < 1.29 is 49.3 Å². The van der Waals surface area contributed by atoms with Crippen LogP contribution in [0.25, 0.3) is 0 Å². The molecule has 0 saturated heterocycles. The number of alkyl carbamates (subject to hydrolysis) is 1. The van der Waals surface area contributed by atoms with E-state index in [1.165, 1.54) is 0 Å². The van der Waals surface area contributed by atoms with E-state index in [4.69, 9.17) is 45.5 Å². The zero-order chi connectivity index (χ0) is 22.8. The predicted octanol–water partition coefficient (Wildman–Crippen LogP) is -2.10. The molecule has 30 heavy (non-hydrogen) atoms. The van der Waals surface area contributed by atoms with Crippen molar-refractivity contribution in [1.82, 2.24) is 5.32 Å². The van der Waals surface area contributed by atoms with Crippen LogP contribution in [0.2, 0.25) is 0 Å². The van der Waals surface area contributed by atoms with Crippen molar-refractivity contribution in [1.29, 1.82) is 0 Å². The Hall–Kier alpha value is -1.54. The van der Waals surface area contributed by atoms with Gasteiger partial charge in [0, 0.05) is 18.4 Å². The normalized spacial score (nSPS) is 12.5. The molecule has 0 aliphatic rings. The average molecular weight is 440 g/mol. The van der Waals surface area contributed by atoms with Gasteiger partial charge in [-0.1, -0.05) is 0 Å². The minimum absolute atomic E-state index is 0.0414. The molecule has 0 aromatic heterocycles. The largest absolute Gasteiger partial charge is 0.480 e. The van der Waals surface area contributed by atoms with Gasteiger partial charge in [-0.15, -0.1) is 0 Å². The van der Waals surface area contributed by atoms with Crippen LogP contribution in [0.3, 0.4) is 0 Å². The van der Waals surface area contributed by atoms with E-state index in [-0.39, 0.29) is 59.4 Å². The summed E-state index contributed by atoms with van der Waals surface area (Å²) in [5, 5.41) is 47.4. The average Bonchev–Trinajstić information content (AvgIpc) is 2.73. The molecule has 1 amide bonds. The number of carboxylic acids is 1. The summed E-state index contributed by atoms with van der Waals surface area (Å²) in [6.45, 7) is -0.687. The van der Waals surface area contributed by atoms with Crippen molar-refractivity contribution in [2.45, 2.75) is 31.4 Å². The Balaban J connectivity index is 4.33. The van der Waals surface area contributed by atoms with Gasteiger partial charge in [0.15, 0.2) is 6.10 Å². The van der Waals surface area contributed by atoms with Crippen LogP contribution in [-0.4, -0.2) is 109 Å². The van der Waals surface area contributed by atoms with Crippen molar-refractivity contribution in [3.8, 4) is 0 Å². The molecule has 178 valence electrons. The molecule has 0 bridgehead atoms. The maximum Gasteiger partial charge on any atom is 0.407 e. The van der Waals surface area contributed by atoms with Crippen molar-refractivity contribution in [3.05, 3.63) is 0 Å². The van der Waals surface area contributed by atoms with Crippen molar-refractivity contribution in [3.63, 3.8) is 0 Å². The van der Waals surface area contributed by atoms with E-state index >= 15 is 0 Å². The molecule has 0 spiro atoms. The highest BCUT2D eigenvalue weighted by molar-refractivity contribution is 5.72. The summed E-state index contributed by atoms with van der Waals surface area (Å²) in [7, 11) is 0. The molecule has 0 rings (SSSR count). The number of rotatable bonds is 19. The summed E-state index contributed by atoms with van der Waals surface area (Å²) in [5.74, 6) is -1.98. The van der Waals surface area contributed by atoms with Gasteiger partial charge < -0.3 is 50.8 Å². The Bertz CT molecular complexity index is 429. The lowest BCUT2D eigenvalue weighted by atomic mass is 10.1. The van der Waals surface area contributed by atoms with Crippen molar-refractivity contribution >= 4 is 12.1 Å². The highest BCUT2D eigenvalue weighted by atomic mass is 16.6. The number of aliphatic carboxylic acids is 1. The molecular weight excluding hydrogens is 404 g/mol. The fraction of sp³-hybridized carbons (Fsp3) is 0.889. The summed E-state index contributed by atoms with van der Waals surface area (Å²) < 4.78 is 16.0. The first kappa shape index (κ1) is 28.5. The maximum absolute atomic E-state index is 12.0. The molecule has 0 saturated carbocycles. The summed E-state index contributed by atoms with van der Waals surface area (Å²) in [6, 6.07) is -0.932. The van der Waals surface area contributed by atoms with Gasteiger partial charge in [0.2, 0.25) is 0 Å². The summed E-state index contributed by atoms with van der Waals surface area (Å²) in [5.41, 5.74) is 5.40. The van der Waals surface area contributed by atoms with Crippen LogP contribution >= 0.6 is 0 Å². The smallest absolute Gasteiger partial charge is 0.407 e. The van der Waals surface area contributed by atoms with E-state index in [1.54, 1.807) is 0 Å². The second kappa shape index (κ2) is 18.2. The van der Waals surface area contributed by atoms with Crippen molar-refractivity contribution in [2.24, 2.45) is 17.6 Å². The Morgan fingerprint density at radius 3 is 1.77 bits per heavy atom. The quantitative estimate of drug-likeness (QED) is 0.108. The van der Waals surface area contributed by atoms with E-state index in [1.807, 2.05) is 0 Å². The van der Waals surface area contributed by atoms with Crippen LogP contribution in [-0.2, 0) is 19.0 Å². The number of nitrogens with two attached hydrogens (primary N) is 1. The van der Waals surface area contributed by atoms with Crippen LogP contribution in [0.15, 0.2) is 0 Å². The molecule has 0 radical (unpaired) electrons. The minimum atomic E-state index is -1.07. The fourth-order valence-electron chi connectivity index (χ4n) is 2.17. The Kier molecular flexibility index (Phi) is 17.3. The molecule has 12 heteroatoms. The lowest BCUT2D eigenvalue weighted by molar-refractivity contribution is -0.138. The second-order valence-electron chi connectivity index (χ2n) is 6.93. The van der Waals surface area contributed by atoms with Gasteiger partial charge in [0.1, 0.15) is 6.04 Å². The van der Waals surface area contributed by atoms with E-state index in [2.05, 4.69) is 5.32 Å². The molecule has 0 aliphatic heterocycles. The first-order valence-electron chi connectivity index (χ1n) is 9.89. The van der Waals surface area contributed by atoms with Gasteiger partial charge in [-0.25, -0.2) is 4.79 Å². The van der Waals surface area contributed by atoms with Crippen LogP contribution in [0.4, 0.5) is 4.79 Å². The summed E-state index contributed by atoms with van der Waals surface area (Å²) in [6.07, 6.45) is -0.157. The molecule has 0 unspecified atom stereocenters.